The lowest BCUT2D eigenvalue weighted by Gasteiger charge is -2.42. The number of aromatic nitrogens is 2. The van der Waals surface area contributed by atoms with Crippen molar-refractivity contribution in [2.24, 2.45) is 0 Å². The Morgan fingerprint density at radius 1 is 1.24 bits per heavy atom. The number of amidine groups is 1. The van der Waals surface area contributed by atoms with E-state index in [4.69, 9.17) is 9.83 Å². The molecule has 1 aliphatic rings. The van der Waals surface area contributed by atoms with E-state index in [-0.39, 0.29) is 16.5 Å². The number of halogens is 1. The van der Waals surface area contributed by atoms with E-state index in [1.165, 1.54) is 26.3 Å². The monoisotopic (exact) mass is 434 g/mol. The summed E-state index contributed by atoms with van der Waals surface area (Å²) in [6, 6.07) is 8.63. The highest BCUT2D eigenvalue weighted by Gasteiger charge is 2.51. The molecule has 2 N–H and O–H groups in total. The first-order chi connectivity index (χ1) is 13.5. The molecule has 0 spiro atoms. The van der Waals surface area contributed by atoms with E-state index >= 15 is 0 Å². The van der Waals surface area contributed by atoms with Crippen LogP contribution >= 0.6 is 11.3 Å². The lowest BCUT2D eigenvalue weighted by molar-refractivity contribution is 0.432. The number of hydrogen-bond donors (Lipinski definition) is 2. The molecule has 0 amide bonds. The van der Waals surface area contributed by atoms with E-state index in [0.717, 1.165) is 16.9 Å². The highest BCUT2D eigenvalue weighted by molar-refractivity contribution is 7.93. The standard InChI is InChI=1S/C19H19FN4O3S2/c1-18(2)17(21)23-19(3,9-29(18,25)26)15-13(20)8-14(28-15)11-5-4-6-12(7-11)16-24-22-10-27-16/h4-8,10H,9H2,1-3H3,(H2,21,23)/t19-/m0/s1. The Balaban J connectivity index is 1.74. The van der Waals surface area contributed by atoms with Crippen molar-refractivity contribution >= 4 is 27.0 Å². The van der Waals surface area contributed by atoms with Crippen LogP contribution in [0.4, 0.5) is 4.39 Å². The maximum absolute atomic E-state index is 14.9. The van der Waals surface area contributed by atoms with Gasteiger partial charge in [0, 0.05) is 10.4 Å². The lowest BCUT2D eigenvalue weighted by atomic mass is 9.99. The molecule has 3 heterocycles. The SMILES string of the molecule is CC1(C)C(=N)N[C@](C)(c2sc(-c3cccc(-c4nnco4)c3)cc2F)CS1(=O)=O. The summed E-state index contributed by atoms with van der Waals surface area (Å²) in [5.41, 5.74) is 0.222. The molecule has 7 nitrogen and oxygen atoms in total. The Hall–Kier alpha value is -2.59. The Bertz CT molecular complexity index is 1200. The van der Waals surface area contributed by atoms with Crippen LogP contribution in [-0.2, 0) is 15.4 Å². The van der Waals surface area contributed by atoms with Crippen molar-refractivity contribution in [3.63, 3.8) is 0 Å². The number of thiophene rings is 1. The molecule has 2 aromatic heterocycles. The van der Waals surface area contributed by atoms with Gasteiger partial charge in [0.05, 0.1) is 16.2 Å². The molecule has 4 rings (SSSR count). The van der Waals surface area contributed by atoms with E-state index in [0.29, 0.717) is 16.3 Å². The second-order valence-corrected chi connectivity index (χ2v) is 11.3. The summed E-state index contributed by atoms with van der Waals surface area (Å²) in [6.07, 6.45) is 1.23. The molecular formula is C19H19FN4O3S2. The molecule has 29 heavy (non-hydrogen) atoms. The van der Waals surface area contributed by atoms with Gasteiger partial charge in [-0.05, 0) is 44.5 Å². The summed E-state index contributed by atoms with van der Waals surface area (Å²) in [5.74, 6) is -0.592. The largest absolute Gasteiger partial charge is 0.423 e. The van der Waals surface area contributed by atoms with E-state index in [1.807, 2.05) is 12.1 Å². The Kier molecular flexibility index (Phi) is 4.39. The lowest BCUT2D eigenvalue weighted by Crippen LogP contribution is -2.63. The van der Waals surface area contributed by atoms with E-state index in [1.54, 1.807) is 19.1 Å². The first kappa shape index (κ1) is 19.7. The van der Waals surface area contributed by atoms with Gasteiger partial charge in [-0.15, -0.1) is 21.5 Å². The summed E-state index contributed by atoms with van der Waals surface area (Å²) >= 11 is 1.16. The third-order valence-corrected chi connectivity index (χ3v) is 9.34. The number of nitrogens with one attached hydrogen (secondary N) is 2. The van der Waals surface area contributed by atoms with Gasteiger partial charge in [-0.1, -0.05) is 12.1 Å². The van der Waals surface area contributed by atoms with Crippen LogP contribution < -0.4 is 5.32 Å². The van der Waals surface area contributed by atoms with Gasteiger partial charge in [-0.25, -0.2) is 12.8 Å². The zero-order valence-electron chi connectivity index (χ0n) is 16.0. The van der Waals surface area contributed by atoms with Crippen molar-refractivity contribution in [1.29, 1.82) is 5.41 Å². The average molecular weight is 435 g/mol. The van der Waals surface area contributed by atoms with Crippen molar-refractivity contribution in [3.05, 3.63) is 47.4 Å². The molecule has 0 aliphatic carbocycles. The number of hydrogen-bond acceptors (Lipinski definition) is 7. The summed E-state index contributed by atoms with van der Waals surface area (Å²) in [4.78, 5) is 0.884. The zero-order valence-corrected chi connectivity index (χ0v) is 17.6. The molecule has 1 aromatic carbocycles. The van der Waals surface area contributed by atoms with Gasteiger partial charge in [0.2, 0.25) is 12.3 Å². The molecule has 0 saturated carbocycles. The van der Waals surface area contributed by atoms with Crippen LogP contribution in [-0.4, -0.2) is 35.0 Å². The van der Waals surface area contributed by atoms with Crippen LogP contribution in [0.25, 0.3) is 21.9 Å². The first-order valence-electron chi connectivity index (χ1n) is 8.80. The fraction of sp³-hybridized carbons (Fsp3) is 0.316. The van der Waals surface area contributed by atoms with Crippen molar-refractivity contribution in [2.45, 2.75) is 31.1 Å². The van der Waals surface area contributed by atoms with Crippen molar-refractivity contribution in [1.82, 2.24) is 15.5 Å². The highest BCUT2D eigenvalue weighted by atomic mass is 32.2. The minimum atomic E-state index is -3.65. The Morgan fingerprint density at radius 2 is 1.97 bits per heavy atom. The fourth-order valence-corrected chi connectivity index (χ4v) is 6.22. The normalized spacial score (nSPS) is 23.0. The number of sulfone groups is 1. The molecular weight excluding hydrogens is 415 g/mol. The minimum Gasteiger partial charge on any atom is -0.423 e. The van der Waals surface area contributed by atoms with Gasteiger partial charge in [-0.3, -0.25) is 5.41 Å². The molecule has 3 aromatic rings. The Labute approximate surface area is 171 Å². The van der Waals surface area contributed by atoms with Gasteiger partial charge in [0.25, 0.3) is 0 Å². The summed E-state index contributed by atoms with van der Waals surface area (Å²) < 4.78 is 44.3. The highest BCUT2D eigenvalue weighted by Crippen LogP contribution is 2.41. The molecule has 1 aliphatic heterocycles. The fourth-order valence-electron chi connectivity index (χ4n) is 3.29. The number of nitrogens with zero attached hydrogens (tertiary/aromatic N) is 2. The van der Waals surface area contributed by atoms with Crippen LogP contribution in [0.1, 0.15) is 25.6 Å². The number of rotatable bonds is 3. The first-order valence-corrected chi connectivity index (χ1v) is 11.3. The molecule has 10 heteroatoms. The second kappa shape index (κ2) is 6.46. The van der Waals surface area contributed by atoms with E-state index < -0.39 is 25.9 Å². The second-order valence-electron chi connectivity index (χ2n) is 7.71. The molecule has 152 valence electrons. The van der Waals surface area contributed by atoms with Crippen LogP contribution in [0.15, 0.2) is 41.1 Å². The van der Waals surface area contributed by atoms with Crippen LogP contribution in [0.3, 0.4) is 0 Å². The van der Waals surface area contributed by atoms with Crippen molar-refractivity contribution in [3.8, 4) is 21.9 Å². The molecule has 0 unspecified atom stereocenters. The van der Waals surface area contributed by atoms with Crippen LogP contribution in [0.2, 0.25) is 0 Å². The minimum absolute atomic E-state index is 0.140. The smallest absolute Gasteiger partial charge is 0.247 e. The van der Waals surface area contributed by atoms with E-state index in [9.17, 15) is 12.8 Å². The maximum atomic E-state index is 14.9. The molecule has 1 atom stereocenters. The Morgan fingerprint density at radius 3 is 2.62 bits per heavy atom. The third-order valence-electron chi connectivity index (χ3n) is 5.20. The van der Waals surface area contributed by atoms with Crippen molar-refractivity contribution in [2.75, 3.05) is 5.75 Å². The predicted octanol–water partition coefficient (Wildman–Crippen LogP) is 3.59. The molecule has 0 radical (unpaired) electrons. The number of benzene rings is 1. The topological polar surface area (TPSA) is 109 Å². The molecule has 0 bridgehead atoms. The average Bonchev–Trinajstić information content (AvgIpc) is 3.30. The van der Waals surface area contributed by atoms with Gasteiger partial charge >= 0.3 is 0 Å². The molecule has 1 saturated heterocycles. The quantitative estimate of drug-likeness (QED) is 0.652. The van der Waals surface area contributed by atoms with E-state index in [2.05, 4.69) is 15.5 Å². The predicted molar refractivity (Wildman–Crippen MR) is 109 cm³/mol. The summed E-state index contributed by atoms with van der Waals surface area (Å²) in [6.45, 7) is 4.58. The van der Waals surface area contributed by atoms with Gasteiger partial charge < -0.3 is 9.73 Å². The summed E-state index contributed by atoms with van der Waals surface area (Å²) in [7, 11) is -3.65. The molecule has 1 fully saturated rings. The van der Waals surface area contributed by atoms with Gasteiger partial charge in [0.1, 0.15) is 16.4 Å². The third kappa shape index (κ3) is 3.16. The van der Waals surface area contributed by atoms with Crippen LogP contribution in [0.5, 0.6) is 0 Å². The van der Waals surface area contributed by atoms with Gasteiger partial charge in [-0.2, -0.15) is 0 Å². The van der Waals surface area contributed by atoms with Crippen LogP contribution in [0, 0.1) is 11.2 Å². The summed E-state index contributed by atoms with van der Waals surface area (Å²) in [5, 5.41) is 18.6. The maximum Gasteiger partial charge on any atom is 0.247 e. The van der Waals surface area contributed by atoms with Crippen molar-refractivity contribution < 1.29 is 17.2 Å². The van der Waals surface area contributed by atoms with Gasteiger partial charge in [0.15, 0.2) is 9.84 Å². The zero-order chi connectivity index (χ0) is 21.0.